The van der Waals surface area contributed by atoms with Crippen LogP contribution in [0.5, 0.6) is 34.5 Å². The highest BCUT2D eigenvalue weighted by Crippen LogP contribution is 2.47. The topological polar surface area (TPSA) is 196 Å². The third-order valence-corrected chi connectivity index (χ3v) is 18.7. The fraction of sp³-hybridized carbons (Fsp3) is 0.647. The predicted molar refractivity (Wildman–Crippen MR) is 494 cm³/mol. The number of nitrogens with zero attached hydrogens (tertiary/aromatic N) is 6. The first-order valence-corrected chi connectivity index (χ1v) is 37.5. The Balaban J connectivity index is 0.000000321. The summed E-state index contributed by atoms with van der Waals surface area (Å²) in [5.74, 6) is -18.8. The summed E-state index contributed by atoms with van der Waals surface area (Å²) >= 11 is 0. The first-order chi connectivity index (χ1) is 89.4. The summed E-state index contributed by atoms with van der Waals surface area (Å²) in [6.45, 7) is -33.1. The lowest BCUT2D eigenvalue weighted by Gasteiger charge is -2.40. The van der Waals surface area contributed by atoms with Crippen LogP contribution in [-0.2, 0) is 0 Å². The lowest BCUT2D eigenvalue weighted by molar-refractivity contribution is -0.0280. The molecular weight excluding hydrogens is 1500 g/mol. The molecule has 0 radical (unpaired) electrons. The van der Waals surface area contributed by atoms with Crippen molar-refractivity contribution >= 4 is 0 Å². The summed E-state index contributed by atoms with van der Waals surface area (Å²) in [7, 11) is 14.1. The number of likely N-dealkylation sites (N-methyl/N-ethyl adjacent to an activating group) is 6. The van der Waals surface area contributed by atoms with Crippen LogP contribution in [0.3, 0.4) is 0 Å². The van der Waals surface area contributed by atoms with Gasteiger partial charge in [0.15, 0.2) is 0 Å². The molecule has 0 aromatic heterocycles. The SMILES string of the molecule is [2H]c1c([2H])c(C(CN(C([2H])([2H])[2H])C([2H])([2H])[2H])C2(O)C([2H])([2H])C([2H])([2H])C([2H])([2H])C([2H])([2H])C2([2H])[2H])c([2H])c([2H])c1OC.[2H]c1c([2H])c(C(CN(C)C([2H])([2H])[2H])C2(O)C([2H])([2H])C([2H])([2H])C([2H])([2H])C([2H])([2H])C2([2H])[2H])c([2H])c([2H])c1OC.[2H]c1c([2H])c(C(CN(C)C)C2(O)C([2H])([2H])C([2H])([2H])C([2H])([2H])C([2H])([2H])C2([2H])[2H])c([2H])c([2H])c1OC.[2H]c1c([2H])c(C([2H])(C2(O)CCCCC2)C([2H])([2H])N(C([2H])([2H])[2H])C([2H])([2H])[2H])c([2H])c([2H])c1OC.[2H]c1c([2H])c(C([2H])(C2(O)CCCCC2)C([2H])([2H])N(C)C([2H])([2H])[2H])c([2H])c([2H])c1OC.[2H]c1c([2H])c(C([2H])(C2(O)CCCCC2)C([2H])([2H])N(C)C)c([2H])c([2H])c1OC. The van der Waals surface area contributed by atoms with Crippen molar-refractivity contribution in [2.24, 2.45) is 0 Å². The van der Waals surface area contributed by atoms with Gasteiger partial charge in [-0.1, -0.05) is 188 Å². The second-order valence-corrected chi connectivity index (χ2v) is 28.2. The zero-order chi connectivity index (χ0) is 158. The molecular formula is C102H162N6O12. The van der Waals surface area contributed by atoms with Gasteiger partial charge in [0.2, 0.25) is 0 Å². The van der Waals surface area contributed by atoms with Gasteiger partial charge in [-0.2, -0.15) is 0 Å². The predicted octanol–water partition coefficient (Wildman–Crippen LogP) is 18.2. The molecule has 672 valence electrons. The first kappa shape index (κ1) is 35.8. The van der Waals surface area contributed by atoms with Crippen LogP contribution in [-0.4, -0.2) is 260 Å². The van der Waals surface area contributed by atoms with E-state index >= 15 is 0 Å². The maximum Gasteiger partial charge on any atom is 0.118 e. The van der Waals surface area contributed by atoms with Gasteiger partial charge in [0.1, 0.15) is 34.5 Å². The van der Waals surface area contributed by atoms with E-state index in [0.717, 1.165) is 67.4 Å². The third-order valence-electron chi connectivity index (χ3n) is 18.7. The molecule has 6 aromatic rings. The van der Waals surface area contributed by atoms with E-state index in [0.29, 0.717) is 54.7 Å². The second-order valence-electron chi connectivity index (χ2n) is 28.2. The molecule has 6 N–H and O–H groups in total. The number of hydrogen-bond acceptors (Lipinski definition) is 18. The Hall–Kier alpha value is -6.36. The molecule has 0 amide bonds. The summed E-state index contributed by atoms with van der Waals surface area (Å²) in [6, 6.07) is -19.4. The molecule has 6 aliphatic carbocycles. The highest BCUT2D eigenvalue weighted by atomic mass is 16.5. The molecule has 0 spiro atoms. The van der Waals surface area contributed by atoms with E-state index in [2.05, 4.69) is 0 Å². The van der Waals surface area contributed by atoms with Crippen LogP contribution in [0.4, 0.5) is 0 Å². The van der Waals surface area contributed by atoms with Crippen molar-refractivity contribution in [1.82, 2.24) is 29.4 Å². The molecule has 6 saturated carbocycles. The van der Waals surface area contributed by atoms with E-state index in [4.69, 9.17) is 135 Å². The van der Waals surface area contributed by atoms with Gasteiger partial charge in [-0.3, -0.25) is 0 Å². The van der Waals surface area contributed by atoms with E-state index in [9.17, 15) is 34.8 Å². The minimum absolute atomic E-state index is 0.0452. The lowest BCUT2D eigenvalue weighted by Crippen LogP contribution is -2.42. The van der Waals surface area contributed by atoms with Gasteiger partial charge in [0, 0.05) is 153 Å². The Morgan fingerprint density at radius 3 is 0.708 bits per heavy atom. The number of rotatable bonds is 30. The number of hydrogen-bond donors (Lipinski definition) is 6. The van der Waals surface area contributed by atoms with Crippen LogP contribution in [0.2, 0.25) is 0 Å². The van der Waals surface area contributed by atoms with Crippen LogP contribution < -0.4 is 28.4 Å². The largest absolute Gasteiger partial charge is 0.497 e. The molecule has 0 bridgehead atoms. The Bertz CT molecular complexity index is 7650. The Morgan fingerprint density at radius 2 is 0.492 bits per heavy atom. The molecule has 6 fully saturated rings. The van der Waals surface area contributed by atoms with Gasteiger partial charge in [-0.05, 0) is 267 Å². The van der Waals surface area contributed by atoms with Crippen LogP contribution in [0.25, 0.3) is 0 Å². The van der Waals surface area contributed by atoms with Gasteiger partial charge in [-0.15, -0.1) is 0 Å². The van der Waals surface area contributed by atoms with Crippen molar-refractivity contribution in [2.45, 2.75) is 261 Å². The molecule has 18 nitrogen and oxygen atoms in total. The molecule has 0 saturated heterocycles. The molecule has 120 heavy (non-hydrogen) atoms. The summed E-state index contributed by atoms with van der Waals surface area (Å²) in [5.41, 5.74) is -23.2. The van der Waals surface area contributed by atoms with Crippen molar-refractivity contribution in [3.63, 3.8) is 0 Å². The number of ether oxygens (including phenoxy) is 6. The minimum atomic E-state index is -4.27. The third kappa shape index (κ3) is 31.1. The van der Waals surface area contributed by atoms with Gasteiger partial charge in [-0.25, -0.2) is 0 Å². The quantitative estimate of drug-likeness (QED) is 0.0249. The first-order valence-electron chi connectivity index (χ1n) is 78.0. The highest BCUT2D eigenvalue weighted by Gasteiger charge is 2.45. The van der Waals surface area contributed by atoms with Gasteiger partial charge in [0.05, 0.1) is 109 Å². The molecule has 6 aliphatic rings. The molecule has 12 rings (SSSR count). The normalized spacial score (nSPS) is 37.8. The van der Waals surface area contributed by atoms with E-state index < -0.39 is 452 Å². The lowest BCUT2D eigenvalue weighted by atomic mass is 9.72. The molecule has 6 aromatic carbocycles. The maximum absolute atomic E-state index is 12.0. The molecule has 6 unspecified atom stereocenters. The highest BCUT2D eigenvalue weighted by molar-refractivity contribution is 5.37. The monoisotopic (exact) mass is 1740 g/mol. The van der Waals surface area contributed by atoms with E-state index in [-0.39, 0.29) is 54.9 Å². The molecule has 18 heteroatoms. The van der Waals surface area contributed by atoms with Gasteiger partial charge < -0.3 is 88.5 Å². The number of methoxy groups -OCH3 is 6. The van der Waals surface area contributed by atoms with Crippen LogP contribution in [0.15, 0.2) is 145 Å². The second kappa shape index (κ2) is 50.0. The van der Waals surface area contributed by atoms with Crippen molar-refractivity contribution in [1.29, 1.82) is 0 Å². The Labute approximate surface area is 840 Å². The van der Waals surface area contributed by atoms with Crippen LogP contribution >= 0.6 is 0 Å². The van der Waals surface area contributed by atoms with Crippen LogP contribution in [0, 0.1) is 0 Å². The fourth-order valence-electron chi connectivity index (χ4n) is 12.8. The molecule has 0 aliphatic heterocycles. The van der Waals surface area contributed by atoms with Gasteiger partial charge >= 0.3 is 0 Å². The van der Waals surface area contributed by atoms with Gasteiger partial charge in [0.25, 0.3) is 0 Å². The molecule has 6 atom stereocenters. The van der Waals surface area contributed by atoms with Crippen molar-refractivity contribution in [3.05, 3.63) is 178 Å². The summed E-state index contributed by atoms with van der Waals surface area (Å²) in [5, 5.41) is 70.1. The van der Waals surface area contributed by atoms with E-state index in [1.54, 1.807) is 0 Å². The zero-order valence-corrected chi connectivity index (χ0v) is 68.8. The van der Waals surface area contributed by atoms with Crippen LogP contribution in [0.1, 0.15) is 372 Å². The molecule has 0 heterocycles. The smallest absolute Gasteiger partial charge is 0.118 e. The van der Waals surface area contributed by atoms with E-state index in [1.165, 1.54) is 40.2 Å². The minimum Gasteiger partial charge on any atom is -0.497 e. The zero-order valence-electron chi connectivity index (χ0n) is 150. The Morgan fingerprint density at radius 1 is 0.283 bits per heavy atom. The van der Waals surface area contributed by atoms with E-state index in [1.807, 2.05) is 0 Å². The number of aliphatic hydroxyl groups is 6. The van der Waals surface area contributed by atoms with Crippen molar-refractivity contribution in [2.75, 3.05) is 166 Å². The fourth-order valence-corrected chi connectivity index (χ4v) is 12.8. The summed E-state index contributed by atoms with van der Waals surface area (Å²) in [4.78, 5) is 2.42. The maximum atomic E-state index is 12.0. The average molecular weight is 1750 g/mol. The summed E-state index contributed by atoms with van der Waals surface area (Å²) in [6.07, 6.45) is -54.9. The average Bonchev–Trinajstić information content (AvgIpc) is 0.655. The number of benzene rings is 6. The summed E-state index contributed by atoms with van der Waals surface area (Å²) < 4.78 is 693. The van der Waals surface area contributed by atoms with Crippen molar-refractivity contribution in [3.8, 4) is 34.5 Å². The van der Waals surface area contributed by atoms with Crippen molar-refractivity contribution < 1.29 is 170 Å². The standard InChI is InChI=1S/6C17H27NO2/c6*1-18(2)13-16(17(19)11-5-4-6-12-17)14-7-9-15(20-3)10-8-14/h6*7-10,16,19H,4-6,11-13H2,1-3H3/i1D3,2D3,4D2,5D2,6D2,7D,8D,9D,10D,11D2,12D2;1D3,4D2,5D2,6D2,7D,8D,9D,10D,11D2,12D2;4D2,5D2,6D2,7D,8D,9D,10D,11D2,12D2;1D3,2D3,7D,8D,9D,10D,13D2,16D;1D3,7D,8D,9D,10D,13D2,16D;7D,8D,9D,10D,13D2,16D. The Kier molecular flexibility index (Phi) is 14.9.